The SMILES string of the molecule is COC(=O)C[C@@H]1C[C@@H](COc2ccc(C(=O)Nc3ccnc(NCc4ccccc4)c3)cc2)N(CCCc2ccccc2)C1=O. The highest BCUT2D eigenvalue weighted by atomic mass is 16.5. The summed E-state index contributed by atoms with van der Waals surface area (Å²) in [5.74, 6) is 0.155. The molecule has 2 amide bonds. The quantitative estimate of drug-likeness (QED) is 0.176. The highest BCUT2D eigenvalue weighted by molar-refractivity contribution is 6.04. The number of nitrogens with zero attached hydrogens (tertiary/aromatic N) is 2. The molecule has 4 aromatic rings. The smallest absolute Gasteiger partial charge is 0.306 e. The molecule has 9 nitrogen and oxygen atoms in total. The van der Waals surface area contributed by atoms with E-state index in [9.17, 15) is 14.4 Å². The molecule has 1 aromatic heterocycles. The summed E-state index contributed by atoms with van der Waals surface area (Å²) in [4.78, 5) is 44.3. The van der Waals surface area contributed by atoms with Gasteiger partial charge in [0.25, 0.3) is 5.91 Å². The first-order valence-electron chi connectivity index (χ1n) is 15.2. The Kier molecular flexibility index (Phi) is 10.8. The van der Waals surface area contributed by atoms with E-state index in [0.29, 0.717) is 42.3 Å². The minimum atomic E-state index is -0.420. The fourth-order valence-electron chi connectivity index (χ4n) is 5.47. The van der Waals surface area contributed by atoms with Gasteiger partial charge in [-0.3, -0.25) is 14.4 Å². The number of aromatic nitrogens is 1. The van der Waals surface area contributed by atoms with Crippen molar-refractivity contribution >= 4 is 29.3 Å². The van der Waals surface area contributed by atoms with E-state index in [1.54, 1.807) is 42.6 Å². The number of anilines is 2. The lowest BCUT2D eigenvalue weighted by Crippen LogP contribution is -2.38. The van der Waals surface area contributed by atoms with Crippen molar-refractivity contribution in [1.82, 2.24) is 9.88 Å². The summed E-state index contributed by atoms with van der Waals surface area (Å²) >= 11 is 0. The lowest BCUT2D eigenvalue weighted by atomic mass is 10.0. The van der Waals surface area contributed by atoms with Gasteiger partial charge in [0, 0.05) is 36.6 Å². The van der Waals surface area contributed by atoms with Gasteiger partial charge < -0.3 is 25.0 Å². The van der Waals surface area contributed by atoms with E-state index in [4.69, 9.17) is 9.47 Å². The van der Waals surface area contributed by atoms with Crippen molar-refractivity contribution in [2.24, 2.45) is 5.92 Å². The van der Waals surface area contributed by atoms with Crippen LogP contribution in [0.3, 0.4) is 0 Å². The number of carbonyl (C=O) groups is 3. The van der Waals surface area contributed by atoms with E-state index in [2.05, 4.69) is 27.8 Å². The van der Waals surface area contributed by atoms with Crippen LogP contribution in [0.15, 0.2) is 103 Å². The Morgan fingerprint density at radius 3 is 2.36 bits per heavy atom. The van der Waals surface area contributed by atoms with Gasteiger partial charge in [0.05, 0.1) is 25.5 Å². The molecule has 0 bridgehead atoms. The van der Waals surface area contributed by atoms with Crippen molar-refractivity contribution in [2.45, 2.75) is 38.3 Å². The Morgan fingerprint density at radius 1 is 0.933 bits per heavy atom. The van der Waals surface area contributed by atoms with Crippen LogP contribution in [-0.2, 0) is 27.3 Å². The number of pyridine rings is 1. The molecule has 2 heterocycles. The Labute approximate surface area is 263 Å². The Bertz CT molecular complexity index is 1560. The number of carbonyl (C=O) groups excluding carboxylic acids is 3. The van der Waals surface area contributed by atoms with Crippen LogP contribution in [0.4, 0.5) is 11.5 Å². The van der Waals surface area contributed by atoms with E-state index in [-0.39, 0.29) is 36.9 Å². The van der Waals surface area contributed by atoms with Gasteiger partial charge in [-0.15, -0.1) is 0 Å². The monoisotopic (exact) mass is 606 g/mol. The van der Waals surface area contributed by atoms with Crippen molar-refractivity contribution < 1.29 is 23.9 Å². The van der Waals surface area contributed by atoms with Crippen LogP contribution in [0.5, 0.6) is 5.75 Å². The maximum Gasteiger partial charge on any atom is 0.306 e. The van der Waals surface area contributed by atoms with Gasteiger partial charge in [-0.05, 0) is 60.7 Å². The highest BCUT2D eigenvalue weighted by Gasteiger charge is 2.40. The molecule has 1 saturated heterocycles. The molecule has 5 rings (SSSR count). The van der Waals surface area contributed by atoms with E-state index in [1.165, 1.54) is 12.7 Å². The molecular weight excluding hydrogens is 568 g/mol. The molecular formula is C36H38N4O5. The second-order valence-electron chi connectivity index (χ2n) is 11.0. The molecule has 0 unspecified atom stereocenters. The molecule has 0 spiro atoms. The van der Waals surface area contributed by atoms with Gasteiger partial charge >= 0.3 is 5.97 Å². The standard InChI is InChI=1S/C36H38N4O5/c1-44-34(41)22-29-21-31(40(36(29)43)20-8-13-26-9-4-2-5-10-26)25-45-32-16-14-28(15-17-32)35(42)39-30-18-19-37-33(23-30)38-24-27-11-6-3-7-12-27/h2-7,9-12,14-19,23,29,31H,8,13,20-22,24-25H2,1H3,(H2,37,38,39,42)/t29-,31-/m0/s1. The largest absolute Gasteiger partial charge is 0.491 e. The van der Waals surface area contributed by atoms with Gasteiger partial charge in [-0.25, -0.2) is 4.98 Å². The summed E-state index contributed by atoms with van der Waals surface area (Å²) in [5, 5.41) is 6.19. The number of rotatable bonds is 14. The van der Waals surface area contributed by atoms with E-state index in [0.717, 1.165) is 18.4 Å². The lowest BCUT2D eigenvalue weighted by molar-refractivity contribution is -0.144. The highest BCUT2D eigenvalue weighted by Crippen LogP contribution is 2.29. The van der Waals surface area contributed by atoms with Gasteiger partial charge in [-0.1, -0.05) is 60.7 Å². The molecule has 2 N–H and O–H groups in total. The summed E-state index contributed by atoms with van der Waals surface area (Å²) in [6.07, 6.45) is 3.90. The van der Waals surface area contributed by atoms with Crippen molar-refractivity contribution in [3.05, 3.63) is 120 Å². The maximum absolute atomic E-state index is 13.2. The van der Waals surface area contributed by atoms with E-state index >= 15 is 0 Å². The van der Waals surface area contributed by atoms with Crippen molar-refractivity contribution in [1.29, 1.82) is 0 Å². The molecule has 0 saturated carbocycles. The Hall–Kier alpha value is -5.18. The molecule has 45 heavy (non-hydrogen) atoms. The first-order chi connectivity index (χ1) is 22.0. The number of hydrogen-bond acceptors (Lipinski definition) is 7. The Balaban J connectivity index is 1.15. The first-order valence-corrected chi connectivity index (χ1v) is 15.2. The third kappa shape index (κ3) is 8.92. The summed E-state index contributed by atoms with van der Waals surface area (Å²) < 4.78 is 10.9. The van der Waals surface area contributed by atoms with Gasteiger partial charge in [0.2, 0.25) is 5.91 Å². The first kappa shape index (κ1) is 31.3. The fourth-order valence-corrected chi connectivity index (χ4v) is 5.47. The number of ether oxygens (including phenoxy) is 2. The predicted molar refractivity (Wildman–Crippen MR) is 173 cm³/mol. The van der Waals surface area contributed by atoms with Crippen molar-refractivity contribution in [3.63, 3.8) is 0 Å². The van der Waals surface area contributed by atoms with E-state index in [1.807, 2.05) is 53.4 Å². The normalized spacial score (nSPS) is 15.8. The number of likely N-dealkylation sites (tertiary alicyclic amines) is 1. The molecule has 232 valence electrons. The minimum absolute atomic E-state index is 0.0383. The third-order valence-corrected chi connectivity index (χ3v) is 7.87. The topological polar surface area (TPSA) is 110 Å². The zero-order valence-electron chi connectivity index (χ0n) is 25.4. The minimum Gasteiger partial charge on any atom is -0.491 e. The number of hydrogen-bond donors (Lipinski definition) is 2. The van der Waals surface area contributed by atoms with Crippen LogP contribution < -0.4 is 15.4 Å². The predicted octanol–water partition coefficient (Wildman–Crippen LogP) is 5.74. The summed E-state index contributed by atoms with van der Waals surface area (Å²) in [6, 6.07) is 30.4. The second kappa shape index (κ2) is 15.5. The number of amides is 2. The van der Waals surface area contributed by atoms with Crippen LogP contribution in [-0.4, -0.2) is 54.0 Å². The second-order valence-corrected chi connectivity index (χ2v) is 11.0. The molecule has 1 aliphatic heterocycles. The summed E-state index contributed by atoms with van der Waals surface area (Å²) in [5.41, 5.74) is 3.46. The van der Waals surface area contributed by atoms with Gasteiger partial charge in [0.1, 0.15) is 18.2 Å². The van der Waals surface area contributed by atoms with Crippen LogP contribution in [0.2, 0.25) is 0 Å². The molecule has 1 aliphatic rings. The zero-order valence-corrected chi connectivity index (χ0v) is 25.4. The Morgan fingerprint density at radius 2 is 1.64 bits per heavy atom. The molecule has 2 atom stereocenters. The molecule has 3 aromatic carbocycles. The van der Waals surface area contributed by atoms with Crippen LogP contribution in [0.1, 0.15) is 40.7 Å². The van der Waals surface area contributed by atoms with E-state index < -0.39 is 5.92 Å². The molecule has 9 heteroatoms. The molecule has 0 aliphatic carbocycles. The van der Waals surface area contributed by atoms with Gasteiger partial charge in [-0.2, -0.15) is 0 Å². The number of benzene rings is 3. The number of aryl methyl sites for hydroxylation is 1. The van der Waals surface area contributed by atoms with Crippen LogP contribution in [0.25, 0.3) is 0 Å². The van der Waals surface area contributed by atoms with Gasteiger partial charge in [0.15, 0.2) is 0 Å². The number of esters is 1. The van der Waals surface area contributed by atoms with Crippen LogP contribution in [0, 0.1) is 5.92 Å². The average Bonchev–Trinajstić information content (AvgIpc) is 3.37. The summed E-state index contributed by atoms with van der Waals surface area (Å²) in [6.45, 7) is 1.49. The molecule has 1 fully saturated rings. The zero-order chi connectivity index (χ0) is 31.4. The van der Waals surface area contributed by atoms with Crippen molar-refractivity contribution in [2.75, 3.05) is 30.9 Å². The number of methoxy groups -OCH3 is 1. The number of nitrogens with one attached hydrogen (secondary N) is 2. The van der Waals surface area contributed by atoms with Crippen LogP contribution >= 0.6 is 0 Å². The average molecular weight is 607 g/mol. The lowest BCUT2D eigenvalue weighted by Gasteiger charge is -2.25. The van der Waals surface area contributed by atoms with Crippen molar-refractivity contribution in [3.8, 4) is 5.75 Å². The fraction of sp³-hybridized carbons (Fsp3) is 0.278. The molecule has 0 radical (unpaired) electrons. The summed E-state index contributed by atoms with van der Waals surface area (Å²) in [7, 11) is 1.34. The third-order valence-electron chi connectivity index (χ3n) is 7.87. The maximum atomic E-state index is 13.2.